The molecule has 0 bridgehead atoms. The summed E-state index contributed by atoms with van der Waals surface area (Å²) in [6.45, 7) is 6.73. The average Bonchev–Trinajstić information content (AvgIpc) is 2.38. The number of nitrogens with one attached hydrogen (secondary N) is 1. The highest BCUT2D eigenvalue weighted by Gasteiger charge is 2.13. The van der Waals surface area contributed by atoms with Crippen molar-refractivity contribution in [2.45, 2.75) is 33.6 Å². The van der Waals surface area contributed by atoms with E-state index in [1.807, 2.05) is 0 Å². The van der Waals surface area contributed by atoms with Crippen LogP contribution in [0.25, 0.3) is 0 Å². The maximum Gasteiger partial charge on any atom is 0.251 e. The van der Waals surface area contributed by atoms with Crippen molar-refractivity contribution in [3.05, 3.63) is 29.3 Å². The second-order valence-electron chi connectivity index (χ2n) is 5.72. The number of phenolic OH excluding ortho intramolecular Hbond substituents is 1. The van der Waals surface area contributed by atoms with Gasteiger partial charge < -0.3 is 15.5 Å². The Morgan fingerprint density at radius 3 is 2.60 bits per heavy atom. The Labute approximate surface area is 120 Å². The standard InChI is InChI=1S/C16H25NO3/c1-11(2)8-13(6-7-18)10-17-16(20)14-5-4-12(3)15(19)9-14/h4-5,9,11,13,18-19H,6-8,10H2,1-3H3,(H,17,20). The van der Waals surface area contributed by atoms with Crippen LogP contribution in [-0.4, -0.2) is 29.3 Å². The smallest absolute Gasteiger partial charge is 0.251 e. The van der Waals surface area contributed by atoms with Gasteiger partial charge in [0.05, 0.1) is 0 Å². The van der Waals surface area contributed by atoms with E-state index >= 15 is 0 Å². The molecule has 1 unspecified atom stereocenters. The molecule has 0 fully saturated rings. The molecule has 1 atom stereocenters. The highest BCUT2D eigenvalue weighted by atomic mass is 16.3. The molecule has 0 radical (unpaired) electrons. The number of aliphatic hydroxyl groups is 1. The fourth-order valence-electron chi connectivity index (χ4n) is 2.24. The Kier molecular flexibility index (Phi) is 6.52. The second kappa shape index (κ2) is 7.90. The molecule has 0 spiro atoms. The van der Waals surface area contributed by atoms with E-state index in [2.05, 4.69) is 19.2 Å². The third kappa shape index (κ3) is 5.21. The fourth-order valence-corrected chi connectivity index (χ4v) is 2.24. The normalized spacial score (nSPS) is 12.4. The topological polar surface area (TPSA) is 69.6 Å². The monoisotopic (exact) mass is 279 g/mol. The molecule has 0 saturated heterocycles. The zero-order chi connectivity index (χ0) is 15.1. The molecule has 0 aliphatic rings. The molecule has 0 aromatic heterocycles. The van der Waals surface area contributed by atoms with Crippen LogP contribution in [0.3, 0.4) is 0 Å². The molecule has 0 saturated carbocycles. The molecular weight excluding hydrogens is 254 g/mol. The van der Waals surface area contributed by atoms with Crippen LogP contribution in [0, 0.1) is 18.8 Å². The number of hydrogen-bond acceptors (Lipinski definition) is 3. The maximum atomic E-state index is 12.0. The number of benzene rings is 1. The summed E-state index contributed by atoms with van der Waals surface area (Å²) in [7, 11) is 0. The molecule has 1 aromatic carbocycles. The van der Waals surface area contributed by atoms with Gasteiger partial charge in [0, 0.05) is 18.7 Å². The Balaban J connectivity index is 2.58. The van der Waals surface area contributed by atoms with E-state index in [1.165, 1.54) is 6.07 Å². The molecule has 0 aliphatic carbocycles. The van der Waals surface area contributed by atoms with E-state index < -0.39 is 0 Å². The lowest BCUT2D eigenvalue weighted by Crippen LogP contribution is -2.30. The van der Waals surface area contributed by atoms with E-state index in [1.54, 1.807) is 19.1 Å². The van der Waals surface area contributed by atoms with Gasteiger partial charge in [0.2, 0.25) is 0 Å². The molecular formula is C16H25NO3. The number of hydrogen-bond donors (Lipinski definition) is 3. The summed E-state index contributed by atoms with van der Waals surface area (Å²) in [5.41, 5.74) is 1.21. The largest absolute Gasteiger partial charge is 0.508 e. The molecule has 0 heterocycles. The summed E-state index contributed by atoms with van der Waals surface area (Å²) in [5.74, 6) is 0.758. The SMILES string of the molecule is Cc1ccc(C(=O)NCC(CCO)CC(C)C)cc1O. The van der Waals surface area contributed by atoms with Gasteiger partial charge in [-0.2, -0.15) is 0 Å². The molecule has 1 amide bonds. The summed E-state index contributed by atoms with van der Waals surface area (Å²) in [6.07, 6.45) is 1.66. The summed E-state index contributed by atoms with van der Waals surface area (Å²) in [5, 5.41) is 21.5. The van der Waals surface area contributed by atoms with Gasteiger partial charge in [0.25, 0.3) is 5.91 Å². The average molecular weight is 279 g/mol. The third-order valence-electron chi connectivity index (χ3n) is 3.36. The first-order chi connectivity index (χ1) is 9.43. The van der Waals surface area contributed by atoms with E-state index in [0.29, 0.717) is 24.4 Å². The number of amides is 1. The number of aliphatic hydroxyl groups excluding tert-OH is 1. The lowest BCUT2D eigenvalue weighted by atomic mass is 9.94. The van der Waals surface area contributed by atoms with Gasteiger partial charge in [0.1, 0.15) is 5.75 Å². The Morgan fingerprint density at radius 2 is 2.05 bits per heavy atom. The number of carbonyl (C=O) groups is 1. The summed E-state index contributed by atoms with van der Waals surface area (Å²) in [4.78, 5) is 12.0. The Hall–Kier alpha value is -1.55. The van der Waals surface area contributed by atoms with E-state index in [4.69, 9.17) is 5.11 Å². The predicted octanol–water partition coefficient (Wildman–Crippen LogP) is 2.48. The molecule has 112 valence electrons. The lowest BCUT2D eigenvalue weighted by molar-refractivity contribution is 0.0941. The van der Waals surface area contributed by atoms with Crippen LogP contribution in [-0.2, 0) is 0 Å². The van der Waals surface area contributed by atoms with Gasteiger partial charge in [-0.3, -0.25) is 4.79 Å². The minimum absolute atomic E-state index is 0.131. The first kappa shape index (κ1) is 16.5. The van der Waals surface area contributed by atoms with Gasteiger partial charge in [0.15, 0.2) is 0 Å². The predicted molar refractivity (Wildman–Crippen MR) is 79.8 cm³/mol. The summed E-state index contributed by atoms with van der Waals surface area (Å²) < 4.78 is 0. The maximum absolute atomic E-state index is 12.0. The number of rotatable bonds is 7. The van der Waals surface area contributed by atoms with Crippen molar-refractivity contribution in [1.82, 2.24) is 5.32 Å². The molecule has 4 heteroatoms. The van der Waals surface area contributed by atoms with Crippen molar-refractivity contribution in [2.75, 3.05) is 13.2 Å². The zero-order valence-electron chi connectivity index (χ0n) is 12.5. The molecule has 1 rings (SSSR count). The van der Waals surface area contributed by atoms with Gasteiger partial charge in [-0.05, 0) is 49.3 Å². The van der Waals surface area contributed by atoms with Crippen LogP contribution in [0.15, 0.2) is 18.2 Å². The van der Waals surface area contributed by atoms with Crippen LogP contribution >= 0.6 is 0 Å². The van der Waals surface area contributed by atoms with Crippen molar-refractivity contribution < 1.29 is 15.0 Å². The van der Waals surface area contributed by atoms with Gasteiger partial charge in [-0.15, -0.1) is 0 Å². The minimum Gasteiger partial charge on any atom is -0.508 e. The van der Waals surface area contributed by atoms with Gasteiger partial charge >= 0.3 is 0 Å². The van der Waals surface area contributed by atoms with Crippen molar-refractivity contribution in [3.8, 4) is 5.75 Å². The summed E-state index contributed by atoms with van der Waals surface area (Å²) >= 11 is 0. The molecule has 3 N–H and O–H groups in total. The van der Waals surface area contributed by atoms with E-state index in [-0.39, 0.29) is 24.2 Å². The highest BCUT2D eigenvalue weighted by molar-refractivity contribution is 5.94. The Bertz CT molecular complexity index is 443. The Morgan fingerprint density at radius 1 is 1.35 bits per heavy atom. The van der Waals surface area contributed by atoms with Crippen LogP contribution in [0.5, 0.6) is 5.75 Å². The molecule has 0 aliphatic heterocycles. The van der Waals surface area contributed by atoms with Crippen LogP contribution in [0.1, 0.15) is 42.6 Å². The van der Waals surface area contributed by atoms with Crippen LogP contribution < -0.4 is 5.32 Å². The van der Waals surface area contributed by atoms with Gasteiger partial charge in [-0.25, -0.2) is 0 Å². The fraction of sp³-hybridized carbons (Fsp3) is 0.562. The third-order valence-corrected chi connectivity index (χ3v) is 3.36. The molecule has 1 aromatic rings. The van der Waals surface area contributed by atoms with Gasteiger partial charge in [-0.1, -0.05) is 19.9 Å². The van der Waals surface area contributed by atoms with Crippen molar-refractivity contribution in [1.29, 1.82) is 0 Å². The van der Waals surface area contributed by atoms with Crippen LogP contribution in [0.2, 0.25) is 0 Å². The quantitative estimate of drug-likeness (QED) is 0.718. The molecule has 20 heavy (non-hydrogen) atoms. The lowest BCUT2D eigenvalue weighted by Gasteiger charge is -2.18. The van der Waals surface area contributed by atoms with Crippen molar-refractivity contribution >= 4 is 5.91 Å². The zero-order valence-corrected chi connectivity index (χ0v) is 12.5. The first-order valence-electron chi connectivity index (χ1n) is 7.12. The number of carbonyl (C=O) groups excluding carboxylic acids is 1. The number of aromatic hydroxyl groups is 1. The minimum atomic E-state index is -0.188. The second-order valence-corrected chi connectivity index (χ2v) is 5.72. The number of phenols is 1. The first-order valence-corrected chi connectivity index (χ1v) is 7.12. The molecule has 4 nitrogen and oxygen atoms in total. The van der Waals surface area contributed by atoms with Crippen LogP contribution in [0.4, 0.5) is 0 Å². The highest BCUT2D eigenvalue weighted by Crippen LogP contribution is 2.18. The number of aryl methyl sites for hydroxylation is 1. The van der Waals surface area contributed by atoms with E-state index in [9.17, 15) is 9.90 Å². The van der Waals surface area contributed by atoms with Crippen molar-refractivity contribution in [3.63, 3.8) is 0 Å². The van der Waals surface area contributed by atoms with Crippen molar-refractivity contribution in [2.24, 2.45) is 11.8 Å². The summed E-state index contributed by atoms with van der Waals surface area (Å²) in [6, 6.07) is 4.91. The van der Waals surface area contributed by atoms with E-state index in [0.717, 1.165) is 12.0 Å².